The predicted octanol–water partition coefficient (Wildman–Crippen LogP) is 3.62. The second-order valence-electron chi connectivity index (χ2n) is 4.51. The molecule has 0 unspecified atom stereocenters. The van der Waals surface area contributed by atoms with Gasteiger partial charge in [-0.3, -0.25) is 9.52 Å². The largest absolute Gasteiger partial charge is 0.321 e. The number of benzene rings is 2. The lowest BCUT2D eigenvalue weighted by Crippen LogP contribution is -2.14. The number of hydrogen-bond acceptors (Lipinski definition) is 3. The molecule has 0 aliphatic rings. The molecule has 116 valence electrons. The minimum atomic E-state index is -3.41. The van der Waals surface area contributed by atoms with Crippen LogP contribution < -0.4 is 10.0 Å². The van der Waals surface area contributed by atoms with Gasteiger partial charge in [0, 0.05) is 11.3 Å². The van der Waals surface area contributed by atoms with E-state index in [0.717, 1.165) is 6.26 Å². The second-order valence-corrected chi connectivity index (χ2v) is 7.04. The molecule has 2 aromatic rings. The van der Waals surface area contributed by atoms with E-state index in [1.807, 2.05) is 0 Å². The Morgan fingerprint density at radius 2 is 1.77 bits per heavy atom. The zero-order valence-corrected chi connectivity index (χ0v) is 13.8. The molecule has 0 fully saturated rings. The van der Waals surface area contributed by atoms with Gasteiger partial charge in [-0.2, -0.15) is 0 Å². The van der Waals surface area contributed by atoms with Crippen LogP contribution >= 0.6 is 23.2 Å². The molecule has 0 radical (unpaired) electrons. The van der Waals surface area contributed by atoms with Crippen molar-refractivity contribution in [2.24, 2.45) is 0 Å². The van der Waals surface area contributed by atoms with E-state index < -0.39 is 15.9 Å². The van der Waals surface area contributed by atoms with Crippen LogP contribution in [-0.4, -0.2) is 20.6 Å². The minimum Gasteiger partial charge on any atom is -0.321 e. The van der Waals surface area contributed by atoms with E-state index in [9.17, 15) is 13.2 Å². The summed E-state index contributed by atoms with van der Waals surface area (Å²) >= 11 is 11.9. The number of halogens is 2. The monoisotopic (exact) mass is 358 g/mol. The first kappa shape index (κ1) is 16.6. The molecular weight excluding hydrogens is 347 g/mol. The molecule has 0 saturated heterocycles. The lowest BCUT2D eigenvalue weighted by atomic mass is 10.2. The van der Waals surface area contributed by atoms with E-state index in [0.29, 0.717) is 16.4 Å². The number of hydrogen-bond donors (Lipinski definition) is 2. The molecule has 0 spiro atoms. The average Bonchev–Trinajstić information content (AvgIpc) is 2.42. The van der Waals surface area contributed by atoms with Gasteiger partial charge in [-0.15, -0.1) is 0 Å². The maximum absolute atomic E-state index is 12.2. The molecule has 0 saturated carbocycles. The van der Waals surface area contributed by atoms with Gasteiger partial charge in [0.1, 0.15) is 0 Å². The topological polar surface area (TPSA) is 75.3 Å². The number of sulfonamides is 1. The molecule has 2 rings (SSSR count). The first-order valence-corrected chi connectivity index (χ1v) is 8.74. The minimum absolute atomic E-state index is 0.239. The average molecular weight is 359 g/mol. The molecule has 2 aromatic carbocycles. The van der Waals surface area contributed by atoms with Crippen molar-refractivity contribution in [1.82, 2.24) is 0 Å². The second kappa shape index (κ2) is 6.56. The van der Waals surface area contributed by atoms with Crippen LogP contribution in [0.1, 0.15) is 10.4 Å². The van der Waals surface area contributed by atoms with Crippen molar-refractivity contribution < 1.29 is 13.2 Å². The summed E-state index contributed by atoms with van der Waals surface area (Å²) in [4.78, 5) is 12.2. The van der Waals surface area contributed by atoms with Crippen molar-refractivity contribution in [2.75, 3.05) is 16.3 Å². The molecule has 0 aromatic heterocycles. The molecular formula is C14H12Cl2N2O3S. The molecule has 0 bridgehead atoms. The summed E-state index contributed by atoms with van der Waals surface area (Å²) in [6, 6.07) is 11.0. The smallest absolute Gasteiger partial charge is 0.255 e. The lowest BCUT2D eigenvalue weighted by Gasteiger charge is -2.09. The Hall–Kier alpha value is -1.76. The van der Waals surface area contributed by atoms with Crippen molar-refractivity contribution in [2.45, 2.75) is 0 Å². The van der Waals surface area contributed by atoms with Gasteiger partial charge in [0.25, 0.3) is 5.91 Å². The molecule has 0 aliphatic carbocycles. The fraction of sp³-hybridized carbons (Fsp3) is 0.0714. The standard InChI is InChI=1S/C14H12Cl2N2O3S/c1-22(20,21)18-10-5-2-4-9(8-10)14(19)17-12-7-3-6-11(15)13(12)16/h2-8,18H,1H3,(H,17,19). The van der Waals surface area contributed by atoms with Crippen LogP contribution in [0.25, 0.3) is 0 Å². The van der Waals surface area contributed by atoms with Gasteiger partial charge in [-0.1, -0.05) is 35.3 Å². The molecule has 2 N–H and O–H groups in total. The summed E-state index contributed by atoms with van der Waals surface area (Å²) in [5, 5.41) is 3.19. The molecule has 8 heteroatoms. The summed E-state index contributed by atoms with van der Waals surface area (Å²) in [6.07, 6.45) is 1.03. The van der Waals surface area contributed by atoms with Crippen molar-refractivity contribution in [3.63, 3.8) is 0 Å². The SMILES string of the molecule is CS(=O)(=O)Nc1cccc(C(=O)Nc2cccc(Cl)c2Cl)c1. The van der Waals surface area contributed by atoms with Gasteiger partial charge < -0.3 is 5.32 Å². The summed E-state index contributed by atoms with van der Waals surface area (Å²) in [5.41, 5.74) is 0.956. The fourth-order valence-electron chi connectivity index (χ4n) is 1.73. The molecule has 5 nitrogen and oxygen atoms in total. The van der Waals surface area contributed by atoms with Crippen molar-refractivity contribution in [3.05, 3.63) is 58.1 Å². The summed E-state index contributed by atoms with van der Waals surface area (Å²) in [6.45, 7) is 0. The van der Waals surface area contributed by atoms with Gasteiger partial charge in [0.2, 0.25) is 10.0 Å². The zero-order valence-electron chi connectivity index (χ0n) is 11.4. The third kappa shape index (κ3) is 4.37. The Balaban J connectivity index is 2.23. The Labute approximate surface area is 138 Å². The lowest BCUT2D eigenvalue weighted by molar-refractivity contribution is 0.102. The third-order valence-corrected chi connectivity index (χ3v) is 4.05. The summed E-state index contributed by atoms with van der Waals surface area (Å²) in [7, 11) is -3.41. The number of nitrogens with one attached hydrogen (secondary N) is 2. The highest BCUT2D eigenvalue weighted by Gasteiger charge is 2.11. The highest BCUT2D eigenvalue weighted by atomic mass is 35.5. The normalized spacial score (nSPS) is 11.0. The van der Waals surface area contributed by atoms with Gasteiger partial charge in [0.15, 0.2) is 0 Å². The Kier molecular flexibility index (Phi) is 4.95. The number of rotatable bonds is 4. The van der Waals surface area contributed by atoms with Crippen LogP contribution in [0, 0.1) is 0 Å². The summed E-state index contributed by atoms with van der Waals surface area (Å²) in [5.74, 6) is -0.429. The van der Waals surface area contributed by atoms with E-state index in [2.05, 4.69) is 10.0 Å². The zero-order chi connectivity index (χ0) is 16.3. The van der Waals surface area contributed by atoms with Gasteiger partial charge in [-0.25, -0.2) is 8.42 Å². The van der Waals surface area contributed by atoms with E-state index in [1.165, 1.54) is 6.07 Å². The highest BCUT2D eigenvalue weighted by molar-refractivity contribution is 7.92. The number of carbonyl (C=O) groups excluding carboxylic acids is 1. The molecule has 1 amide bonds. The van der Waals surface area contributed by atoms with Crippen LogP contribution in [0.2, 0.25) is 10.0 Å². The van der Waals surface area contributed by atoms with E-state index >= 15 is 0 Å². The fourth-order valence-corrected chi connectivity index (χ4v) is 2.64. The molecule has 0 heterocycles. The maximum atomic E-state index is 12.2. The van der Waals surface area contributed by atoms with Crippen LogP contribution in [0.15, 0.2) is 42.5 Å². The number of carbonyl (C=O) groups is 1. The Morgan fingerprint density at radius 3 is 2.45 bits per heavy atom. The van der Waals surface area contributed by atoms with E-state index in [1.54, 1.807) is 36.4 Å². The summed E-state index contributed by atoms with van der Waals surface area (Å²) < 4.78 is 24.7. The molecule has 0 aliphatic heterocycles. The first-order chi connectivity index (χ1) is 10.3. The first-order valence-electron chi connectivity index (χ1n) is 6.09. The number of amides is 1. The highest BCUT2D eigenvalue weighted by Crippen LogP contribution is 2.29. The Morgan fingerprint density at radius 1 is 1.09 bits per heavy atom. The van der Waals surface area contributed by atoms with Crippen LogP contribution in [0.5, 0.6) is 0 Å². The third-order valence-electron chi connectivity index (χ3n) is 2.63. The molecule has 0 atom stereocenters. The van der Waals surface area contributed by atoms with Crippen LogP contribution in [0.3, 0.4) is 0 Å². The van der Waals surface area contributed by atoms with Crippen LogP contribution in [0.4, 0.5) is 11.4 Å². The number of anilines is 2. The predicted molar refractivity (Wildman–Crippen MR) is 89.3 cm³/mol. The van der Waals surface area contributed by atoms with E-state index in [-0.39, 0.29) is 10.6 Å². The molecule has 22 heavy (non-hydrogen) atoms. The van der Waals surface area contributed by atoms with Gasteiger partial charge >= 0.3 is 0 Å². The maximum Gasteiger partial charge on any atom is 0.255 e. The Bertz CT molecular complexity index is 823. The quantitative estimate of drug-likeness (QED) is 0.876. The van der Waals surface area contributed by atoms with Crippen molar-refractivity contribution in [1.29, 1.82) is 0 Å². The van der Waals surface area contributed by atoms with Crippen LogP contribution in [-0.2, 0) is 10.0 Å². The van der Waals surface area contributed by atoms with E-state index in [4.69, 9.17) is 23.2 Å². The van der Waals surface area contributed by atoms with Gasteiger partial charge in [-0.05, 0) is 30.3 Å². The van der Waals surface area contributed by atoms with Crippen molar-refractivity contribution >= 4 is 50.5 Å². The van der Waals surface area contributed by atoms with Crippen molar-refractivity contribution in [3.8, 4) is 0 Å². The van der Waals surface area contributed by atoms with Gasteiger partial charge in [0.05, 0.1) is 22.0 Å².